The van der Waals surface area contributed by atoms with Crippen LogP contribution in [0.25, 0.3) is 0 Å². The van der Waals surface area contributed by atoms with E-state index in [9.17, 15) is 0 Å². The summed E-state index contributed by atoms with van der Waals surface area (Å²) in [5.74, 6) is 0. The fourth-order valence-electron chi connectivity index (χ4n) is 2.73. The van der Waals surface area contributed by atoms with Gasteiger partial charge in [0.1, 0.15) is 0 Å². The minimum atomic E-state index is 0.133. The molecule has 0 nitrogen and oxygen atoms in total. The standard InChI is InChI=1S/C16H35P/c1-8-9-10-11-12-13-14-17(15(2,3)4)16(5,6)7/h8-14H2,1-7H3. The Labute approximate surface area is 112 Å². The van der Waals surface area contributed by atoms with Gasteiger partial charge in [-0.15, -0.1) is 0 Å². The zero-order chi connectivity index (χ0) is 13.5. The molecule has 0 saturated heterocycles. The molecule has 0 saturated carbocycles. The molecular formula is C16H35P. The van der Waals surface area contributed by atoms with Gasteiger partial charge in [-0.3, -0.25) is 0 Å². The molecule has 0 aliphatic heterocycles. The highest BCUT2D eigenvalue weighted by molar-refractivity contribution is 7.60. The number of hydrogen-bond acceptors (Lipinski definition) is 0. The van der Waals surface area contributed by atoms with Gasteiger partial charge in [-0.1, -0.05) is 88.5 Å². The third kappa shape index (κ3) is 8.20. The Morgan fingerprint density at radius 1 is 0.647 bits per heavy atom. The first-order valence-electron chi connectivity index (χ1n) is 7.47. The lowest BCUT2D eigenvalue weighted by atomic mass is 10.1. The van der Waals surface area contributed by atoms with E-state index >= 15 is 0 Å². The van der Waals surface area contributed by atoms with E-state index < -0.39 is 0 Å². The molecule has 17 heavy (non-hydrogen) atoms. The highest BCUT2D eigenvalue weighted by Gasteiger charge is 2.33. The van der Waals surface area contributed by atoms with E-state index in [0.29, 0.717) is 10.3 Å². The molecule has 0 N–H and O–H groups in total. The summed E-state index contributed by atoms with van der Waals surface area (Å²) in [5.41, 5.74) is 0. The number of unbranched alkanes of at least 4 members (excludes halogenated alkanes) is 5. The van der Waals surface area contributed by atoms with Gasteiger partial charge in [0, 0.05) is 0 Å². The number of hydrogen-bond donors (Lipinski definition) is 0. The van der Waals surface area contributed by atoms with Crippen molar-refractivity contribution in [3.63, 3.8) is 0 Å². The Morgan fingerprint density at radius 2 is 1.06 bits per heavy atom. The van der Waals surface area contributed by atoms with Crippen molar-refractivity contribution >= 4 is 7.92 Å². The van der Waals surface area contributed by atoms with Gasteiger partial charge in [0.15, 0.2) is 0 Å². The molecule has 0 bridgehead atoms. The molecule has 0 aliphatic rings. The predicted molar refractivity (Wildman–Crippen MR) is 84.7 cm³/mol. The summed E-state index contributed by atoms with van der Waals surface area (Å²) < 4.78 is 0. The summed E-state index contributed by atoms with van der Waals surface area (Å²) in [6.07, 6.45) is 10.0. The maximum atomic E-state index is 2.43. The first kappa shape index (κ1) is 17.4. The van der Waals surface area contributed by atoms with Crippen molar-refractivity contribution in [1.82, 2.24) is 0 Å². The van der Waals surface area contributed by atoms with Crippen molar-refractivity contribution in [3.8, 4) is 0 Å². The van der Waals surface area contributed by atoms with Gasteiger partial charge in [0.05, 0.1) is 0 Å². The molecule has 0 fully saturated rings. The normalized spacial score (nSPS) is 13.4. The van der Waals surface area contributed by atoms with Gasteiger partial charge in [0.25, 0.3) is 0 Å². The van der Waals surface area contributed by atoms with Crippen molar-refractivity contribution in [2.75, 3.05) is 6.16 Å². The van der Waals surface area contributed by atoms with Gasteiger partial charge in [-0.25, -0.2) is 0 Å². The maximum Gasteiger partial charge on any atom is -0.0175 e. The van der Waals surface area contributed by atoms with Crippen molar-refractivity contribution in [1.29, 1.82) is 0 Å². The molecular weight excluding hydrogens is 223 g/mol. The summed E-state index contributed by atoms with van der Waals surface area (Å²) in [4.78, 5) is 0. The molecule has 0 aromatic heterocycles. The third-order valence-corrected chi connectivity index (χ3v) is 7.36. The van der Waals surface area contributed by atoms with Gasteiger partial charge in [-0.05, 0) is 22.9 Å². The second-order valence-corrected chi connectivity index (χ2v) is 11.2. The van der Waals surface area contributed by atoms with E-state index in [1.807, 2.05) is 0 Å². The van der Waals surface area contributed by atoms with Crippen molar-refractivity contribution in [2.24, 2.45) is 0 Å². The third-order valence-electron chi connectivity index (χ3n) is 3.35. The van der Waals surface area contributed by atoms with Gasteiger partial charge in [0.2, 0.25) is 0 Å². The Hall–Kier alpha value is 0.430. The molecule has 0 unspecified atom stereocenters. The first-order valence-corrected chi connectivity index (χ1v) is 9.00. The van der Waals surface area contributed by atoms with Crippen LogP contribution in [0.3, 0.4) is 0 Å². The Kier molecular flexibility index (Phi) is 7.97. The fourth-order valence-corrected chi connectivity index (χ4v) is 6.62. The summed E-state index contributed by atoms with van der Waals surface area (Å²) in [5, 5.41) is 1.02. The average molecular weight is 258 g/mol. The Balaban J connectivity index is 3.95. The first-order chi connectivity index (χ1) is 7.69. The van der Waals surface area contributed by atoms with E-state index in [0.717, 1.165) is 0 Å². The lowest BCUT2D eigenvalue weighted by molar-refractivity contribution is 0.620. The quantitative estimate of drug-likeness (QED) is 0.365. The van der Waals surface area contributed by atoms with Crippen LogP contribution in [-0.4, -0.2) is 16.5 Å². The van der Waals surface area contributed by atoms with Crippen LogP contribution in [0, 0.1) is 0 Å². The SMILES string of the molecule is CCCCCCCCP(C(C)(C)C)C(C)(C)C. The lowest BCUT2D eigenvalue weighted by Crippen LogP contribution is -2.26. The molecule has 0 aliphatic carbocycles. The second-order valence-electron chi connectivity index (χ2n) is 7.26. The van der Waals surface area contributed by atoms with Gasteiger partial charge < -0.3 is 0 Å². The maximum absolute atomic E-state index is 2.43. The Bertz CT molecular complexity index is 169. The highest BCUT2D eigenvalue weighted by Crippen LogP contribution is 2.59. The van der Waals surface area contributed by atoms with Crippen LogP contribution in [0.4, 0.5) is 0 Å². The molecule has 0 amide bonds. The van der Waals surface area contributed by atoms with Crippen LogP contribution < -0.4 is 0 Å². The van der Waals surface area contributed by atoms with Crippen molar-refractivity contribution in [3.05, 3.63) is 0 Å². The minimum absolute atomic E-state index is 0.133. The topological polar surface area (TPSA) is 0 Å². The van der Waals surface area contributed by atoms with E-state index in [1.165, 1.54) is 44.7 Å². The van der Waals surface area contributed by atoms with E-state index in [1.54, 1.807) is 0 Å². The van der Waals surface area contributed by atoms with Crippen LogP contribution >= 0.6 is 7.92 Å². The second kappa shape index (κ2) is 7.78. The molecule has 104 valence electrons. The smallest absolute Gasteiger partial charge is 0.0175 e. The summed E-state index contributed by atoms with van der Waals surface area (Å²) in [6.45, 7) is 16.9. The molecule has 0 heterocycles. The van der Waals surface area contributed by atoms with Crippen LogP contribution in [0.5, 0.6) is 0 Å². The molecule has 0 aromatic rings. The molecule has 0 radical (unpaired) electrons. The molecule has 0 atom stereocenters. The van der Waals surface area contributed by atoms with E-state index in [-0.39, 0.29) is 7.92 Å². The van der Waals surface area contributed by atoms with E-state index in [2.05, 4.69) is 48.5 Å². The monoisotopic (exact) mass is 258 g/mol. The average Bonchev–Trinajstić information content (AvgIpc) is 2.12. The van der Waals surface area contributed by atoms with Gasteiger partial charge in [-0.2, -0.15) is 0 Å². The zero-order valence-corrected chi connectivity index (χ0v) is 14.3. The van der Waals surface area contributed by atoms with Crippen molar-refractivity contribution < 1.29 is 0 Å². The van der Waals surface area contributed by atoms with Crippen LogP contribution in [0.15, 0.2) is 0 Å². The lowest BCUT2D eigenvalue weighted by Gasteiger charge is -2.41. The molecule has 0 spiro atoms. The summed E-state index contributed by atoms with van der Waals surface area (Å²) >= 11 is 0. The van der Waals surface area contributed by atoms with Crippen LogP contribution in [0.1, 0.15) is 87.0 Å². The Morgan fingerprint density at radius 3 is 1.47 bits per heavy atom. The molecule has 1 heteroatoms. The zero-order valence-electron chi connectivity index (χ0n) is 13.4. The van der Waals surface area contributed by atoms with Crippen LogP contribution in [0.2, 0.25) is 0 Å². The van der Waals surface area contributed by atoms with Gasteiger partial charge >= 0.3 is 0 Å². The fraction of sp³-hybridized carbons (Fsp3) is 1.00. The summed E-state index contributed by atoms with van der Waals surface area (Å²) in [6, 6.07) is 0. The predicted octanol–water partition coefficient (Wildman–Crippen LogP) is 6.43. The summed E-state index contributed by atoms with van der Waals surface area (Å²) in [7, 11) is 0.133. The molecule has 0 aromatic carbocycles. The largest absolute Gasteiger partial charge is 0.0956 e. The highest BCUT2D eigenvalue weighted by atomic mass is 31.1. The van der Waals surface area contributed by atoms with Crippen LogP contribution in [-0.2, 0) is 0 Å². The molecule has 0 rings (SSSR count). The number of rotatable bonds is 7. The minimum Gasteiger partial charge on any atom is -0.0956 e. The van der Waals surface area contributed by atoms with Crippen molar-refractivity contribution in [2.45, 2.75) is 97.3 Å². The van der Waals surface area contributed by atoms with E-state index in [4.69, 9.17) is 0 Å².